The first-order valence-electron chi connectivity index (χ1n) is 10.6. The van der Waals surface area contributed by atoms with E-state index in [2.05, 4.69) is 27.9 Å². The van der Waals surface area contributed by atoms with Crippen molar-refractivity contribution in [1.82, 2.24) is 5.32 Å². The summed E-state index contributed by atoms with van der Waals surface area (Å²) in [6, 6.07) is 13.1. The Balaban J connectivity index is 1.73. The predicted octanol–water partition coefficient (Wildman–Crippen LogP) is 4.62. The van der Waals surface area contributed by atoms with E-state index in [4.69, 9.17) is 4.74 Å². The monoisotopic (exact) mass is 556 g/mol. The number of para-hydroxylation sites is 1. The number of halogens is 1. The van der Waals surface area contributed by atoms with Gasteiger partial charge in [0.2, 0.25) is 0 Å². The summed E-state index contributed by atoms with van der Waals surface area (Å²) in [6.45, 7) is 3.00. The molecular formula is C23H29IN2O4S. The second kappa shape index (κ2) is 10.8. The molecule has 0 saturated heterocycles. The van der Waals surface area contributed by atoms with Crippen LogP contribution in [0.5, 0.6) is 0 Å². The summed E-state index contributed by atoms with van der Waals surface area (Å²) in [7, 11) is -2.02. The summed E-state index contributed by atoms with van der Waals surface area (Å²) in [5, 5.41) is 3.59. The molecule has 0 saturated carbocycles. The maximum atomic E-state index is 13.3. The number of rotatable bonds is 9. The standard InChI is InChI=1S/C23H29IN2O4S/c1-3-30-22(27)12-6-4-5-9-15-25-23-18-10-7-8-11-20(18)26(2)31(28,29)21-16-17(24)13-14-19(21)23/h7-8,10-11,13-14,16,23,25H,3-6,9,12,15H2,1-2H3. The normalized spacial score (nSPS) is 16.9. The molecule has 1 unspecified atom stereocenters. The van der Waals surface area contributed by atoms with Crippen molar-refractivity contribution in [3.63, 3.8) is 0 Å². The smallest absolute Gasteiger partial charge is 0.305 e. The summed E-state index contributed by atoms with van der Waals surface area (Å²) in [4.78, 5) is 11.8. The Labute approximate surface area is 198 Å². The molecule has 0 spiro atoms. The first-order valence-corrected chi connectivity index (χ1v) is 13.1. The molecule has 168 valence electrons. The maximum Gasteiger partial charge on any atom is 0.305 e. The summed E-state index contributed by atoms with van der Waals surface area (Å²) in [5.41, 5.74) is 2.43. The van der Waals surface area contributed by atoms with E-state index in [1.807, 2.05) is 43.3 Å². The van der Waals surface area contributed by atoms with E-state index in [1.54, 1.807) is 13.1 Å². The Morgan fingerprint density at radius 3 is 2.61 bits per heavy atom. The molecule has 0 amide bonds. The highest BCUT2D eigenvalue weighted by Crippen LogP contribution is 2.40. The Bertz CT molecular complexity index is 1030. The van der Waals surface area contributed by atoms with E-state index in [-0.39, 0.29) is 12.0 Å². The number of unbranched alkanes of at least 4 members (excludes halogenated alkanes) is 3. The van der Waals surface area contributed by atoms with E-state index in [0.29, 0.717) is 23.6 Å². The van der Waals surface area contributed by atoms with Crippen molar-refractivity contribution in [3.05, 3.63) is 57.2 Å². The van der Waals surface area contributed by atoms with Gasteiger partial charge in [-0.25, -0.2) is 8.42 Å². The van der Waals surface area contributed by atoms with Gasteiger partial charge >= 0.3 is 5.97 Å². The zero-order chi connectivity index (χ0) is 22.4. The first kappa shape index (κ1) is 24.0. The number of benzene rings is 2. The number of hydrogen-bond acceptors (Lipinski definition) is 5. The largest absolute Gasteiger partial charge is 0.466 e. The van der Waals surface area contributed by atoms with Crippen molar-refractivity contribution in [2.24, 2.45) is 0 Å². The highest BCUT2D eigenvalue weighted by molar-refractivity contribution is 14.1. The number of nitrogens with one attached hydrogen (secondary N) is 1. The van der Waals surface area contributed by atoms with Gasteiger partial charge in [0, 0.05) is 17.0 Å². The second-order valence-corrected chi connectivity index (χ2v) is 10.8. The fraction of sp³-hybridized carbons (Fsp3) is 0.435. The van der Waals surface area contributed by atoms with Crippen LogP contribution in [0, 0.1) is 3.57 Å². The number of esters is 1. The number of ether oxygens (including phenoxy) is 1. The average molecular weight is 556 g/mol. The van der Waals surface area contributed by atoms with E-state index >= 15 is 0 Å². The lowest BCUT2D eigenvalue weighted by Gasteiger charge is -2.22. The fourth-order valence-corrected chi connectivity index (χ4v) is 6.06. The van der Waals surface area contributed by atoms with Crippen LogP contribution in [0.25, 0.3) is 0 Å². The van der Waals surface area contributed by atoms with Gasteiger partial charge in [-0.2, -0.15) is 0 Å². The van der Waals surface area contributed by atoms with Crippen molar-refractivity contribution < 1.29 is 17.9 Å². The molecule has 3 rings (SSSR count). The molecule has 8 heteroatoms. The van der Waals surface area contributed by atoms with Gasteiger partial charge in [-0.05, 0) is 78.2 Å². The van der Waals surface area contributed by atoms with Crippen LogP contribution >= 0.6 is 22.6 Å². The molecule has 1 heterocycles. The van der Waals surface area contributed by atoms with Gasteiger partial charge in [-0.1, -0.05) is 37.1 Å². The Morgan fingerprint density at radius 1 is 1.10 bits per heavy atom. The van der Waals surface area contributed by atoms with Gasteiger partial charge in [0.15, 0.2) is 0 Å². The van der Waals surface area contributed by atoms with Crippen LogP contribution in [0.15, 0.2) is 47.4 Å². The molecule has 0 bridgehead atoms. The number of sulfonamides is 1. The van der Waals surface area contributed by atoms with Crippen molar-refractivity contribution >= 4 is 44.3 Å². The van der Waals surface area contributed by atoms with Crippen molar-refractivity contribution in [2.45, 2.75) is 50.0 Å². The highest BCUT2D eigenvalue weighted by Gasteiger charge is 2.34. The van der Waals surface area contributed by atoms with E-state index < -0.39 is 10.0 Å². The van der Waals surface area contributed by atoms with Gasteiger partial charge in [-0.3, -0.25) is 9.10 Å². The molecule has 0 aromatic heterocycles. The zero-order valence-electron chi connectivity index (χ0n) is 17.9. The maximum absolute atomic E-state index is 13.3. The van der Waals surface area contributed by atoms with Gasteiger partial charge in [0.05, 0.1) is 23.2 Å². The van der Waals surface area contributed by atoms with E-state index in [9.17, 15) is 13.2 Å². The van der Waals surface area contributed by atoms with Crippen LogP contribution in [-0.4, -0.2) is 34.6 Å². The SMILES string of the molecule is CCOC(=O)CCCCCCNC1c2ccccc2N(C)S(=O)(=O)c2cc(I)ccc21. The minimum atomic E-state index is -3.64. The van der Waals surface area contributed by atoms with Crippen LogP contribution in [0.1, 0.15) is 56.2 Å². The van der Waals surface area contributed by atoms with E-state index in [1.165, 1.54) is 4.31 Å². The number of carbonyl (C=O) groups is 1. The highest BCUT2D eigenvalue weighted by atomic mass is 127. The number of fused-ring (bicyclic) bond motifs is 2. The molecule has 6 nitrogen and oxygen atoms in total. The number of anilines is 1. The summed E-state index contributed by atoms with van der Waals surface area (Å²) in [6.07, 6.45) is 4.21. The first-order chi connectivity index (χ1) is 14.9. The van der Waals surface area contributed by atoms with Crippen LogP contribution in [0.2, 0.25) is 0 Å². The third-order valence-corrected chi connectivity index (χ3v) is 7.97. The molecular weight excluding hydrogens is 527 g/mol. The predicted molar refractivity (Wildman–Crippen MR) is 131 cm³/mol. The van der Waals surface area contributed by atoms with Crippen molar-refractivity contribution in [2.75, 3.05) is 24.5 Å². The Kier molecular flexibility index (Phi) is 8.35. The molecule has 0 aliphatic carbocycles. The number of hydrogen-bond donors (Lipinski definition) is 1. The molecule has 1 aliphatic rings. The zero-order valence-corrected chi connectivity index (χ0v) is 20.9. The van der Waals surface area contributed by atoms with Gasteiger partial charge in [0.1, 0.15) is 0 Å². The van der Waals surface area contributed by atoms with Gasteiger partial charge in [-0.15, -0.1) is 0 Å². The van der Waals surface area contributed by atoms with Crippen molar-refractivity contribution in [3.8, 4) is 0 Å². The fourth-order valence-electron chi connectivity index (χ4n) is 3.88. The summed E-state index contributed by atoms with van der Waals surface area (Å²) >= 11 is 2.15. The van der Waals surface area contributed by atoms with Crippen molar-refractivity contribution in [1.29, 1.82) is 0 Å². The lowest BCUT2D eigenvalue weighted by atomic mass is 9.96. The molecule has 1 atom stereocenters. The van der Waals surface area contributed by atoms with Crippen LogP contribution in [0.4, 0.5) is 5.69 Å². The lowest BCUT2D eigenvalue weighted by molar-refractivity contribution is -0.143. The topological polar surface area (TPSA) is 75.7 Å². The van der Waals surface area contributed by atoms with Crippen LogP contribution in [0.3, 0.4) is 0 Å². The second-order valence-electron chi connectivity index (χ2n) is 7.57. The van der Waals surface area contributed by atoms with Gasteiger partial charge < -0.3 is 10.1 Å². The molecule has 1 aliphatic heterocycles. The van der Waals surface area contributed by atoms with E-state index in [0.717, 1.165) is 46.9 Å². The van der Waals surface area contributed by atoms with Crippen LogP contribution < -0.4 is 9.62 Å². The summed E-state index contributed by atoms with van der Waals surface area (Å²) < 4.78 is 33.8. The number of carbonyl (C=O) groups excluding carboxylic acids is 1. The molecule has 2 aromatic rings. The van der Waals surface area contributed by atoms with Crippen LogP contribution in [-0.2, 0) is 19.6 Å². The Morgan fingerprint density at radius 2 is 1.84 bits per heavy atom. The lowest BCUT2D eigenvalue weighted by Crippen LogP contribution is -2.26. The molecule has 2 aromatic carbocycles. The quantitative estimate of drug-likeness (QED) is 0.277. The third kappa shape index (κ3) is 5.59. The third-order valence-electron chi connectivity index (χ3n) is 5.47. The molecule has 0 radical (unpaired) electrons. The van der Waals surface area contributed by atoms with Gasteiger partial charge in [0.25, 0.3) is 10.0 Å². The Hall–Kier alpha value is -1.65. The molecule has 31 heavy (non-hydrogen) atoms. The minimum absolute atomic E-state index is 0.132. The minimum Gasteiger partial charge on any atom is -0.466 e. The molecule has 1 N–H and O–H groups in total. The number of nitrogens with zero attached hydrogens (tertiary/aromatic N) is 1. The molecule has 0 fully saturated rings. The average Bonchev–Trinajstić information content (AvgIpc) is 2.81. The summed E-state index contributed by atoms with van der Waals surface area (Å²) in [5.74, 6) is -0.132.